The van der Waals surface area contributed by atoms with Crippen LogP contribution in [0.3, 0.4) is 0 Å². The topological polar surface area (TPSA) is 47.6 Å². The number of halogens is 1. The Morgan fingerprint density at radius 3 is 2.03 bits per heavy atom. The van der Waals surface area contributed by atoms with Gasteiger partial charge in [-0.15, -0.1) is 0 Å². The number of anilines is 2. The minimum absolute atomic E-state index is 0.319. The number of para-hydroxylation sites is 3. The van der Waals surface area contributed by atoms with Crippen molar-refractivity contribution in [1.29, 1.82) is 0 Å². The van der Waals surface area contributed by atoms with Crippen molar-refractivity contribution in [3.8, 4) is 11.5 Å². The van der Waals surface area contributed by atoms with Crippen molar-refractivity contribution < 1.29 is 18.7 Å². The fourth-order valence-corrected chi connectivity index (χ4v) is 4.49. The standard InChI is InChI=1S/C26H16FNO3/c27-19-11-3-4-12-20(19)28-21-13-7-8-16-24(21)26(31-25(16)29)17-9-1-5-14-22(17)30-23-15-6-2-10-18(23)26/h1-15,28H. The highest BCUT2D eigenvalue weighted by atomic mass is 19.1. The molecule has 5 heteroatoms. The van der Waals surface area contributed by atoms with E-state index in [0.717, 1.165) is 11.1 Å². The smallest absolute Gasteiger partial charge is 0.340 e. The maximum absolute atomic E-state index is 14.4. The maximum atomic E-state index is 14.4. The lowest BCUT2D eigenvalue weighted by Crippen LogP contribution is -2.33. The van der Waals surface area contributed by atoms with Gasteiger partial charge in [-0.25, -0.2) is 9.18 Å². The van der Waals surface area contributed by atoms with Gasteiger partial charge < -0.3 is 14.8 Å². The zero-order chi connectivity index (χ0) is 21.0. The highest BCUT2D eigenvalue weighted by Crippen LogP contribution is 2.57. The van der Waals surface area contributed by atoms with Gasteiger partial charge >= 0.3 is 5.97 Å². The molecule has 4 aromatic rings. The van der Waals surface area contributed by atoms with Crippen molar-refractivity contribution in [2.24, 2.45) is 0 Å². The second kappa shape index (κ2) is 6.44. The predicted molar refractivity (Wildman–Crippen MR) is 114 cm³/mol. The van der Waals surface area contributed by atoms with Gasteiger partial charge in [-0.05, 0) is 36.4 Å². The van der Waals surface area contributed by atoms with E-state index in [-0.39, 0.29) is 5.82 Å². The van der Waals surface area contributed by atoms with E-state index in [2.05, 4.69) is 5.32 Å². The summed E-state index contributed by atoms with van der Waals surface area (Å²) in [6.45, 7) is 0. The van der Waals surface area contributed by atoms with Gasteiger partial charge in [0.25, 0.3) is 0 Å². The summed E-state index contributed by atoms with van der Waals surface area (Å²) in [5.41, 5.74) is 2.25. The van der Waals surface area contributed by atoms with E-state index in [4.69, 9.17) is 9.47 Å². The maximum Gasteiger partial charge on any atom is 0.340 e. The van der Waals surface area contributed by atoms with Gasteiger partial charge in [-0.3, -0.25) is 0 Å². The van der Waals surface area contributed by atoms with Crippen LogP contribution >= 0.6 is 0 Å². The van der Waals surface area contributed by atoms with Crippen molar-refractivity contribution in [2.75, 3.05) is 5.32 Å². The molecule has 1 N–H and O–H groups in total. The van der Waals surface area contributed by atoms with E-state index < -0.39 is 11.6 Å². The Bertz CT molecular complexity index is 1320. The summed E-state index contributed by atoms with van der Waals surface area (Å²) in [5, 5.41) is 3.18. The molecule has 4 aromatic carbocycles. The molecule has 0 aromatic heterocycles. The van der Waals surface area contributed by atoms with E-state index in [1.165, 1.54) is 6.07 Å². The van der Waals surface area contributed by atoms with Crippen molar-refractivity contribution in [3.63, 3.8) is 0 Å². The number of hydrogen-bond acceptors (Lipinski definition) is 4. The Morgan fingerprint density at radius 1 is 0.710 bits per heavy atom. The summed E-state index contributed by atoms with van der Waals surface area (Å²) in [7, 11) is 0. The molecule has 6 rings (SSSR count). The van der Waals surface area contributed by atoms with Gasteiger partial charge in [-0.1, -0.05) is 54.6 Å². The molecule has 0 saturated carbocycles. The second-order valence-electron chi connectivity index (χ2n) is 7.50. The van der Waals surface area contributed by atoms with Gasteiger partial charge in [0.2, 0.25) is 0 Å². The van der Waals surface area contributed by atoms with E-state index >= 15 is 0 Å². The first kappa shape index (κ1) is 17.7. The molecule has 2 aliphatic heterocycles. The molecule has 150 valence electrons. The number of nitrogens with one attached hydrogen (secondary N) is 1. The Kier molecular flexibility index (Phi) is 3.68. The van der Waals surface area contributed by atoms with E-state index in [1.807, 2.05) is 54.6 Å². The van der Waals surface area contributed by atoms with Crippen LogP contribution in [-0.4, -0.2) is 5.97 Å². The van der Waals surface area contributed by atoms with Gasteiger partial charge in [0.1, 0.15) is 17.3 Å². The molecular weight excluding hydrogens is 393 g/mol. The number of hydrogen-bond donors (Lipinski definition) is 1. The van der Waals surface area contributed by atoms with Crippen LogP contribution in [-0.2, 0) is 10.3 Å². The lowest BCUT2D eigenvalue weighted by atomic mass is 9.77. The first-order chi connectivity index (χ1) is 15.2. The van der Waals surface area contributed by atoms with Gasteiger partial charge in [0, 0.05) is 22.4 Å². The second-order valence-corrected chi connectivity index (χ2v) is 7.50. The number of esters is 1. The largest absolute Gasteiger partial charge is 0.456 e. The highest BCUT2D eigenvalue weighted by molar-refractivity contribution is 5.99. The summed E-state index contributed by atoms with van der Waals surface area (Å²) in [5.74, 6) is 0.413. The predicted octanol–water partition coefficient (Wildman–Crippen LogP) is 6.14. The first-order valence-corrected chi connectivity index (χ1v) is 9.94. The van der Waals surface area contributed by atoms with Gasteiger partial charge in [-0.2, -0.15) is 0 Å². The molecule has 0 atom stereocenters. The number of benzene rings is 4. The molecule has 31 heavy (non-hydrogen) atoms. The van der Waals surface area contributed by atoms with Crippen LogP contribution in [0.15, 0.2) is 91.0 Å². The molecule has 0 fully saturated rings. The average molecular weight is 409 g/mol. The third kappa shape index (κ3) is 2.43. The molecule has 0 amide bonds. The quantitative estimate of drug-likeness (QED) is 0.404. The molecule has 1 spiro atoms. The monoisotopic (exact) mass is 409 g/mol. The van der Waals surface area contributed by atoms with Gasteiger partial charge in [0.15, 0.2) is 5.60 Å². The summed E-state index contributed by atoms with van der Waals surface area (Å²) in [6, 6.07) is 26.8. The third-order valence-corrected chi connectivity index (χ3v) is 5.78. The molecule has 0 radical (unpaired) electrons. The van der Waals surface area contributed by atoms with E-state index in [9.17, 15) is 9.18 Å². The van der Waals surface area contributed by atoms with Crippen LogP contribution in [0.5, 0.6) is 11.5 Å². The average Bonchev–Trinajstić information content (AvgIpc) is 3.10. The van der Waals surface area contributed by atoms with Crippen LogP contribution in [0.2, 0.25) is 0 Å². The minimum Gasteiger partial charge on any atom is -0.456 e. The SMILES string of the molecule is O=C1OC2(c3ccccc3Oc3ccccc32)c2c(Nc3ccccc3F)cccc21. The Balaban J connectivity index is 1.66. The lowest BCUT2D eigenvalue weighted by molar-refractivity contribution is 0.0226. The molecule has 0 bridgehead atoms. The molecule has 2 heterocycles. The van der Waals surface area contributed by atoms with Crippen LogP contribution in [0.1, 0.15) is 27.0 Å². The Hall–Kier alpha value is -4.12. The fraction of sp³-hybridized carbons (Fsp3) is 0.0385. The highest BCUT2D eigenvalue weighted by Gasteiger charge is 2.54. The molecule has 4 nitrogen and oxygen atoms in total. The number of carbonyl (C=O) groups excluding carboxylic acids is 1. The Labute approximate surface area is 177 Å². The number of rotatable bonds is 2. The van der Waals surface area contributed by atoms with Crippen molar-refractivity contribution in [2.45, 2.75) is 5.60 Å². The van der Waals surface area contributed by atoms with E-state index in [0.29, 0.717) is 34.0 Å². The number of carbonyl (C=O) groups is 1. The normalized spacial score (nSPS) is 14.8. The molecular formula is C26H16FNO3. The zero-order valence-corrected chi connectivity index (χ0v) is 16.3. The van der Waals surface area contributed by atoms with Crippen LogP contribution in [0.4, 0.5) is 15.8 Å². The number of ether oxygens (including phenoxy) is 2. The Morgan fingerprint density at radius 2 is 1.32 bits per heavy atom. The molecule has 0 saturated heterocycles. The van der Waals surface area contributed by atoms with Crippen LogP contribution in [0.25, 0.3) is 0 Å². The first-order valence-electron chi connectivity index (χ1n) is 9.94. The summed E-state index contributed by atoms with van der Waals surface area (Å²) < 4.78 is 26.7. The van der Waals surface area contributed by atoms with Crippen molar-refractivity contribution in [1.82, 2.24) is 0 Å². The zero-order valence-electron chi connectivity index (χ0n) is 16.3. The summed E-state index contributed by atoms with van der Waals surface area (Å²) in [4.78, 5) is 13.1. The van der Waals surface area contributed by atoms with Gasteiger partial charge in [0.05, 0.1) is 11.3 Å². The summed E-state index contributed by atoms with van der Waals surface area (Å²) in [6.07, 6.45) is 0. The van der Waals surface area contributed by atoms with Crippen LogP contribution in [0, 0.1) is 5.82 Å². The van der Waals surface area contributed by atoms with Crippen molar-refractivity contribution in [3.05, 3.63) is 119 Å². The summed E-state index contributed by atoms with van der Waals surface area (Å²) >= 11 is 0. The van der Waals surface area contributed by atoms with Crippen molar-refractivity contribution >= 4 is 17.3 Å². The minimum atomic E-state index is -1.20. The molecule has 0 aliphatic carbocycles. The fourth-order valence-electron chi connectivity index (χ4n) is 4.49. The molecule has 0 unspecified atom stereocenters. The molecule has 2 aliphatic rings. The van der Waals surface area contributed by atoms with Crippen LogP contribution < -0.4 is 10.1 Å². The number of fused-ring (bicyclic) bond motifs is 6. The third-order valence-electron chi connectivity index (χ3n) is 5.78. The van der Waals surface area contributed by atoms with E-state index in [1.54, 1.807) is 30.3 Å². The lowest BCUT2D eigenvalue weighted by Gasteiger charge is -2.37.